The van der Waals surface area contributed by atoms with Gasteiger partial charge in [-0.15, -0.1) is 11.3 Å². The summed E-state index contributed by atoms with van der Waals surface area (Å²) in [5.74, 6) is 0. The summed E-state index contributed by atoms with van der Waals surface area (Å²) in [7, 11) is 4.03. The zero-order valence-corrected chi connectivity index (χ0v) is 14.1. The average molecular weight is 360 g/mol. The van der Waals surface area contributed by atoms with Gasteiger partial charge in [0.05, 0.1) is 6.54 Å². The van der Waals surface area contributed by atoms with Crippen LogP contribution in [0.25, 0.3) is 0 Å². The number of benzene rings is 1. The fourth-order valence-electron chi connectivity index (χ4n) is 2.01. The molecular weight excluding hydrogens is 344 g/mol. The fourth-order valence-corrected chi connectivity index (χ4v) is 3.75. The van der Waals surface area contributed by atoms with Crippen LogP contribution in [0.15, 0.2) is 34.1 Å². The summed E-state index contributed by atoms with van der Waals surface area (Å²) in [4.78, 5) is 3.56. The molecule has 0 bridgehead atoms. The van der Waals surface area contributed by atoms with Crippen LogP contribution in [-0.4, -0.2) is 14.1 Å². The van der Waals surface area contributed by atoms with E-state index in [4.69, 9.17) is 11.6 Å². The van der Waals surface area contributed by atoms with Crippen molar-refractivity contribution in [3.63, 3.8) is 0 Å². The lowest BCUT2D eigenvalue weighted by atomic mass is 10.1. The van der Waals surface area contributed by atoms with Crippen molar-refractivity contribution in [3.8, 4) is 0 Å². The molecule has 1 N–H and O–H groups in total. The van der Waals surface area contributed by atoms with Crippen LogP contribution in [0.1, 0.15) is 10.4 Å². The first-order chi connectivity index (χ1) is 9.11. The maximum absolute atomic E-state index is 6.29. The van der Waals surface area contributed by atoms with E-state index in [9.17, 15) is 0 Å². The van der Waals surface area contributed by atoms with E-state index in [0.717, 1.165) is 28.1 Å². The monoisotopic (exact) mass is 358 g/mol. The molecule has 0 saturated heterocycles. The normalized spacial score (nSPS) is 10.7. The molecule has 0 fully saturated rings. The number of anilines is 1. The van der Waals surface area contributed by atoms with Gasteiger partial charge < -0.3 is 10.2 Å². The molecule has 1 aromatic carbocycles. The quantitative estimate of drug-likeness (QED) is 0.844. The van der Waals surface area contributed by atoms with E-state index in [1.165, 1.54) is 10.6 Å². The lowest BCUT2D eigenvalue weighted by Crippen LogP contribution is -2.19. The SMILES string of the molecule is CNCc1c(Cl)cccc1N(C)Cc1cc(Br)cs1. The van der Waals surface area contributed by atoms with Crippen LogP contribution in [0.2, 0.25) is 5.02 Å². The fraction of sp³-hybridized carbons (Fsp3) is 0.286. The molecule has 1 heterocycles. The lowest BCUT2D eigenvalue weighted by Gasteiger charge is -2.22. The van der Waals surface area contributed by atoms with Crippen molar-refractivity contribution in [2.75, 3.05) is 19.0 Å². The van der Waals surface area contributed by atoms with E-state index in [2.05, 4.69) is 50.7 Å². The molecule has 1 aromatic heterocycles. The molecule has 0 radical (unpaired) electrons. The third kappa shape index (κ3) is 3.72. The number of nitrogens with one attached hydrogen (secondary N) is 1. The van der Waals surface area contributed by atoms with Crippen molar-refractivity contribution in [3.05, 3.63) is 49.6 Å². The van der Waals surface area contributed by atoms with Crippen LogP contribution in [0.4, 0.5) is 5.69 Å². The number of halogens is 2. The van der Waals surface area contributed by atoms with Crippen molar-refractivity contribution in [2.45, 2.75) is 13.1 Å². The number of rotatable bonds is 5. The molecule has 0 aliphatic carbocycles. The second-order valence-electron chi connectivity index (χ2n) is 4.36. The van der Waals surface area contributed by atoms with Gasteiger partial charge in [-0.05, 0) is 41.2 Å². The predicted molar refractivity (Wildman–Crippen MR) is 88.3 cm³/mol. The Morgan fingerprint density at radius 3 is 2.84 bits per heavy atom. The first kappa shape index (κ1) is 14.9. The second-order valence-corrected chi connectivity index (χ2v) is 6.67. The molecule has 102 valence electrons. The van der Waals surface area contributed by atoms with E-state index in [-0.39, 0.29) is 0 Å². The van der Waals surface area contributed by atoms with Crippen LogP contribution in [0.3, 0.4) is 0 Å². The first-order valence-electron chi connectivity index (χ1n) is 5.98. The topological polar surface area (TPSA) is 15.3 Å². The van der Waals surface area contributed by atoms with Gasteiger partial charge in [0, 0.05) is 44.6 Å². The number of hydrogen-bond acceptors (Lipinski definition) is 3. The summed E-state index contributed by atoms with van der Waals surface area (Å²) in [5, 5.41) is 6.09. The van der Waals surface area contributed by atoms with Crippen LogP contribution >= 0.6 is 38.9 Å². The minimum Gasteiger partial charge on any atom is -0.369 e. The number of nitrogens with zero attached hydrogens (tertiary/aromatic N) is 1. The molecule has 0 saturated carbocycles. The third-order valence-corrected chi connectivity index (χ3v) is 4.91. The highest BCUT2D eigenvalue weighted by molar-refractivity contribution is 9.10. The maximum atomic E-state index is 6.29. The van der Waals surface area contributed by atoms with Gasteiger partial charge in [0.1, 0.15) is 0 Å². The van der Waals surface area contributed by atoms with Crippen molar-refractivity contribution >= 4 is 44.6 Å². The summed E-state index contributed by atoms with van der Waals surface area (Å²) < 4.78 is 1.14. The van der Waals surface area contributed by atoms with E-state index >= 15 is 0 Å². The molecule has 2 rings (SSSR count). The largest absolute Gasteiger partial charge is 0.369 e. The summed E-state index contributed by atoms with van der Waals surface area (Å²) >= 11 is 11.5. The van der Waals surface area contributed by atoms with Gasteiger partial charge in [-0.25, -0.2) is 0 Å². The Morgan fingerprint density at radius 1 is 1.42 bits per heavy atom. The summed E-state index contributed by atoms with van der Waals surface area (Å²) in [5.41, 5.74) is 2.32. The molecule has 0 unspecified atom stereocenters. The lowest BCUT2D eigenvalue weighted by molar-refractivity contribution is 0.807. The third-order valence-electron chi connectivity index (χ3n) is 2.87. The zero-order chi connectivity index (χ0) is 13.8. The Hall–Kier alpha value is -0.550. The van der Waals surface area contributed by atoms with Gasteiger partial charge >= 0.3 is 0 Å². The standard InChI is InChI=1S/C14H16BrClN2S/c1-17-7-12-13(16)4-3-5-14(12)18(2)8-11-6-10(15)9-19-11/h3-6,9,17H,7-8H2,1-2H3. The average Bonchev–Trinajstić information content (AvgIpc) is 2.77. The molecule has 0 aliphatic heterocycles. The second kappa shape index (κ2) is 6.75. The van der Waals surface area contributed by atoms with E-state index in [1.807, 2.05) is 19.2 Å². The summed E-state index contributed by atoms with van der Waals surface area (Å²) in [6.45, 7) is 1.65. The molecule has 2 nitrogen and oxygen atoms in total. The van der Waals surface area contributed by atoms with Crippen molar-refractivity contribution < 1.29 is 0 Å². The first-order valence-corrected chi connectivity index (χ1v) is 8.03. The Kier molecular flexibility index (Phi) is 5.28. The Labute approximate surface area is 131 Å². The highest BCUT2D eigenvalue weighted by Gasteiger charge is 2.11. The van der Waals surface area contributed by atoms with Gasteiger partial charge in [-0.1, -0.05) is 17.7 Å². The van der Waals surface area contributed by atoms with Gasteiger partial charge in [0.25, 0.3) is 0 Å². The van der Waals surface area contributed by atoms with Crippen LogP contribution in [0.5, 0.6) is 0 Å². The minimum atomic E-state index is 0.771. The molecule has 0 spiro atoms. The Morgan fingerprint density at radius 2 is 2.21 bits per heavy atom. The predicted octanol–water partition coefficient (Wildman–Crippen LogP) is 4.52. The van der Waals surface area contributed by atoms with Crippen LogP contribution in [-0.2, 0) is 13.1 Å². The van der Waals surface area contributed by atoms with Gasteiger partial charge in [0.2, 0.25) is 0 Å². The summed E-state index contributed by atoms with van der Waals surface area (Å²) in [6, 6.07) is 8.20. The number of hydrogen-bond donors (Lipinski definition) is 1. The maximum Gasteiger partial charge on any atom is 0.0520 e. The van der Waals surface area contributed by atoms with Gasteiger partial charge in [0.15, 0.2) is 0 Å². The smallest absolute Gasteiger partial charge is 0.0520 e. The van der Waals surface area contributed by atoms with Crippen LogP contribution < -0.4 is 10.2 Å². The van der Waals surface area contributed by atoms with Crippen molar-refractivity contribution in [1.29, 1.82) is 0 Å². The molecule has 19 heavy (non-hydrogen) atoms. The zero-order valence-electron chi connectivity index (χ0n) is 10.9. The minimum absolute atomic E-state index is 0.771. The van der Waals surface area contributed by atoms with E-state index in [0.29, 0.717) is 0 Å². The molecule has 5 heteroatoms. The van der Waals surface area contributed by atoms with Gasteiger partial charge in [-0.2, -0.15) is 0 Å². The molecule has 0 aliphatic rings. The summed E-state index contributed by atoms with van der Waals surface area (Å²) in [6.07, 6.45) is 0. The highest BCUT2D eigenvalue weighted by atomic mass is 79.9. The van der Waals surface area contributed by atoms with Crippen molar-refractivity contribution in [2.24, 2.45) is 0 Å². The molecule has 0 amide bonds. The Bertz CT molecular complexity index is 556. The Balaban J connectivity index is 2.23. The highest BCUT2D eigenvalue weighted by Crippen LogP contribution is 2.29. The van der Waals surface area contributed by atoms with Gasteiger partial charge in [-0.3, -0.25) is 0 Å². The number of thiophene rings is 1. The van der Waals surface area contributed by atoms with Crippen molar-refractivity contribution in [1.82, 2.24) is 5.32 Å². The molecule has 2 aromatic rings. The van der Waals surface area contributed by atoms with E-state index < -0.39 is 0 Å². The molecule has 0 atom stereocenters. The van der Waals surface area contributed by atoms with Crippen LogP contribution in [0, 0.1) is 0 Å². The molecular formula is C14H16BrClN2S. The van der Waals surface area contributed by atoms with E-state index in [1.54, 1.807) is 11.3 Å².